The van der Waals surface area contributed by atoms with E-state index < -0.39 is 5.97 Å². The van der Waals surface area contributed by atoms with Crippen LogP contribution in [0.1, 0.15) is 29.3 Å². The molecule has 0 saturated carbocycles. The summed E-state index contributed by atoms with van der Waals surface area (Å²) >= 11 is 0. The van der Waals surface area contributed by atoms with Crippen molar-refractivity contribution in [3.05, 3.63) is 59.7 Å². The average molecular weight is 298 g/mol. The summed E-state index contributed by atoms with van der Waals surface area (Å²) in [6.45, 7) is 2.00. The number of carbonyl (C=O) groups excluding carboxylic acids is 1. The molecule has 0 atom stereocenters. The zero-order valence-corrected chi connectivity index (χ0v) is 12.6. The van der Waals surface area contributed by atoms with Crippen LogP contribution in [-0.4, -0.2) is 18.2 Å². The van der Waals surface area contributed by atoms with Crippen LogP contribution in [-0.2, 0) is 0 Å². The summed E-state index contributed by atoms with van der Waals surface area (Å²) in [4.78, 5) is 12.1. The van der Waals surface area contributed by atoms with Gasteiger partial charge in [-0.15, -0.1) is 0 Å². The Balaban J connectivity index is 2.16. The summed E-state index contributed by atoms with van der Waals surface area (Å²) in [5.41, 5.74) is 0.968. The van der Waals surface area contributed by atoms with Gasteiger partial charge in [0.2, 0.25) is 0 Å². The molecule has 1 N–H and O–H groups in total. The molecule has 0 unspecified atom stereocenters. The zero-order chi connectivity index (χ0) is 15.9. The third-order valence-corrected chi connectivity index (χ3v) is 3.07. The lowest BCUT2D eigenvalue weighted by Crippen LogP contribution is -2.08. The van der Waals surface area contributed by atoms with Crippen molar-refractivity contribution in [2.24, 2.45) is 0 Å². The Morgan fingerprint density at radius 1 is 1.14 bits per heavy atom. The van der Waals surface area contributed by atoms with Crippen molar-refractivity contribution in [2.45, 2.75) is 13.3 Å². The first-order chi connectivity index (χ1) is 10.6. The van der Waals surface area contributed by atoms with Crippen molar-refractivity contribution < 1.29 is 19.4 Å². The minimum absolute atomic E-state index is 0.130. The van der Waals surface area contributed by atoms with Crippen molar-refractivity contribution in [1.29, 1.82) is 0 Å². The second-order valence-corrected chi connectivity index (χ2v) is 4.65. The van der Waals surface area contributed by atoms with E-state index in [1.54, 1.807) is 43.5 Å². The maximum Gasteiger partial charge on any atom is 0.343 e. The van der Waals surface area contributed by atoms with E-state index in [2.05, 4.69) is 0 Å². The molecule has 4 heteroatoms. The first kappa shape index (κ1) is 15.6. The lowest BCUT2D eigenvalue weighted by Gasteiger charge is -2.07. The van der Waals surface area contributed by atoms with Gasteiger partial charge in [-0.3, -0.25) is 0 Å². The fourth-order valence-corrected chi connectivity index (χ4v) is 1.87. The van der Waals surface area contributed by atoms with Crippen LogP contribution in [0.3, 0.4) is 0 Å². The summed E-state index contributed by atoms with van der Waals surface area (Å²) in [5.74, 6) is 0.781. The van der Waals surface area contributed by atoms with Crippen LogP contribution in [0.2, 0.25) is 0 Å². The molecule has 22 heavy (non-hydrogen) atoms. The number of phenolic OH excluding ortho intramolecular Hbond substituents is 1. The molecule has 4 nitrogen and oxygen atoms in total. The molecule has 0 fully saturated rings. The molecule has 0 aromatic heterocycles. The van der Waals surface area contributed by atoms with Gasteiger partial charge in [0.1, 0.15) is 17.2 Å². The molecule has 2 aromatic carbocycles. The molecule has 2 rings (SSSR count). The molecule has 2 aromatic rings. The van der Waals surface area contributed by atoms with Gasteiger partial charge in [-0.05, 0) is 48.9 Å². The highest BCUT2D eigenvalue weighted by Gasteiger charge is 2.11. The van der Waals surface area contributed by atoms with E-state index in [9.17, 15) is 9.90 Å². The summed E-state index contributed by atoms with van der Waals surface area (Å²) in [7, 11) is 1.57. The minimum Gasteiger partial charge on any atom is -0.507 e. The van der Waals surface area contributed by atoms with E-state index in [-0.39, 0.29) is 5.75 Å². The largest absolute Gasteiger partial charge is 0.507 e. The number of phenols is 1. The number of esters is 1. The topological polar surface area (TPSA) is 55.8 Å². The quantitative estimate of drug-likeness (QED) is 0.668. The van der Waals surface area contributed by atoms with E-state index in [1.807, 2.05) is 13.0 Å². The van der Waals surface area contributed by atoms with Crippen LogP contribution in [0.5, 0.6) is 17.2 Å². The number of aromatic hydroxyl groups is 1. The Kier molecular flexibility index (Phi) is 5.20. The van der Waals surface area contributed by atoms with E-state index in [0.717, 1.165) is 6.42 Å². The SMILES string of the molecule is CC/C=C/c1cc(C(=O)Oc2ccc(OC)cc2)ccc1O. The molecule has 0 amide bonds. The molecule has 0 spiro atoms. The molecule has 0 radical (unpaired) electrons. The highest BCUT2D eigenvalue weighted by molar-refractivity contribution is 5.92. The number of ether oxygens (including phenoxy) is 2. The predicted octanol–water partition coefficient (Wildman–Crippen LogP) is 4.04. The Morgan fingerprint density at radius 2 is 1.82 bits per heavy atom. The lowest BCUT2D eigenvalue weighted by molar-refractivity contribution is 0.0734. The summed E-state index contributed by atoms with van der Waals surface area (Å²) in [6, 6.07) is 11.4. The van der Waals surface area contributed by atoms with Gasteiger partial charge in [0.25, 0.3) is 0 Å². The Hall–Kier alpha value is -2.75. The number of hydrogen-bond donors (Lipinski definition) is 1. The number of hydrogen-bond acceptors (Lipinski definition) is 4. The normalized spacial score (nSPS) is 10.6. The van der Waals surface area contributed by atoms with Crippen LogP contribution >= 0.6 is 0 Å². The number of benzene rings is 2. The summed E-state index contributed by atoms with van der Waals surface area (Å²) in [5, 5.41) is 9.77. The van der Waals surface area contributed by atoms with Gasteiger partial charge in [0.05, 0.1) is 12.7 Å². The summed E-state index contributed by atoms with van der Waals surface area (Å²) in [6.07, 6.45) is 4.53. The second-order valence-electron chi connectivity index (χ2n) is 4.65. The predicted molar refractivity (Wildman–Crippen MR) is 85.4 cm³/mol. The highest BCUT2D eigenvalue weighted by Crippen LogP contribution is 2.22. The minimum atomic E-state index is -0.476. The fourth-order valence-electron chi connectivity index (χ4n) is 1.87. The Morgan fingerprint density at radius 3 is 2.45 bits per heavy atom. The van der Waals surface area contributed by atoms with Gasteiger partial charge in [-0.1, -0.05) is 19.1 Å². The van der Waals surface area contributed by atoms with Crippen molar-refractivity contribution in [3.8, 4) is 17.2 Å². The number of methoxy groups -OCH3 is 1. The molecule has 114 valence electrons. The standard InChI is InChI=1S/C18H18O4/c1-3-4-5-13-12-14(6-11-17(13)19)18(20)22-16-9-7-15(21-2)8-10-16/h4-12,19H,3H2,1-2H3/b5-4+. The lowest BCUT2D eigenvalue weighted by atomic mass is 10.1. The van der Waals surface area contributed by atoms with Crippen LogP contribution in [0.4, 0.5) is 0 Å². The van der Waals surface area contributed by atoms with Gasteiger partial charge >= 0.3 is 5.97 Å². The fraction of sp³-hybridized carbons (Fsp3) is 0.167. The average Bonchev–Trinajstić information content (AvgIpc) is 2.54. The molecule has 0 bridgehead atoms. The number of rotatable bonds is 5. The molecular formula is C18H18O4. The Bertz CT molecular complexity index is 672. The van der Waals surface area contributed by atoms with E-state index in [4.69, 9.17) is 9.47 Å². The third-order valence-electron chi connectivity index (χ3n) is 3.07. The first-order valence-electron chi connectivity index (χ1n) is 7.00. The van der Waals surface area contributed by atoms with Gasteiger partial charge in [0, 0.05) is 5.56 Å². The smallest absolute Gasteiger partial charge is 0.343 e. The third kappa shape index (κ3) is 3.88. The van der Waals surface area contributed by atoms with Crippen LogP contribution in [0.15, 0.2) is 48.5 Å². The monoisotopic (exact) mass is 298 g/mol. The molecular weight excluding hydrogens is 280 g/mol. The first-order valence-corrected chi connectivity index (χ1v) is 7.00. The number of carbonyl (C=O) groups is 1. The molecule has 0 saturated heterocycles. The van der Waals surface area contributed by atoms with Crippen molar-refractivity contribution >= 4 is 12.0 Å². The Labute approximate surface area is 129 Å². The van der Waals surface area contributed by atoms with E-state index >= 15 is 0 Å². The van der Waals surface area contributed by atoms with E-state index in [1.165, 1.54) is 12.1 Å². The maximum absolute atomic E-state index is 12.1. The molecule has 0 aliphatic rings. The van der Waals surface area contributed by atoms with Gasteiger partial charge in [0.15, 0.2) is 0 Å². The molecule has 0 aliphatic carbocycles. The zero-order valence-electron chi connectivity index (χ0n) is 12.6. The summed E-state index contributed by atoms with van der Waals surface area (Å²) < 4.78 is 10.3. The van der Waals surface area contributed by atoms with Crippen LogP contribution < -0.4 is 9.47 Å². The van der Waals surface area contributed by atoms with Crippen molar-refractivity contribution in [2.75, 3.05) is 7.11 Å². The molecule has 0 aliphatic heterocycles. The van der Waals surface area contributed by atoms with E-state index in [0.29, 0.717) is 22.6 Å². The van der Waals surface area contributed by atoms with Crippen molar-refractivity contribution in [1.82, 2.24) is 0 Å². The number of allylic oxidation sites excluding steroid dienone is 1. The maximum atomic E-state index is 12.1. The highest BCUT2D eigenvalue weighted by atomic mass is 16.5. The second kappa shape index (κ2) is 7.31. The van der Waals surface area contributed by atoms with Crippen LogP contribution in [0.25, 0.3) is 6.08 Å². The van der Waals surface area contributed by atoms with Crippen LogP contribution in [0, 0.1) is 0 Å². The van der Waals surface area contributed by atoms with Gasteiger partial charge < -0.3 is 14.6 Å². The molecule has 0 heterocycles. The van der Waals surface area contributed by atoms with Gasteiger partial charge in [-0.2, -0.15) is 0 Å². The van der Waals surface area contributed by atoms with Crippen molar-refractivity contribution in [3.63, 3.8) is 0 Å². The van der Waals surface area contributed by atoms with Gasteiger partial charge in [-0.25, -0.2) is 4.79 Å².